The Morgan fingerprint density at radius 2 is 1.90 bits per heavy atom. The van der Waals surface area contributed by atoms with E-state index in [2.05, 4.69) is 50.6 Å². The molecule has 1 aliphatic heterocycles. The number of aromatic nitrogens is 2. The van der Waals surface area contributed by atoms with E-state index >= 15 is 0 Å². The molecule has 1 saturated heterocycles. The van der Waals surface area contributed by atoms with E-state index < -0.39 is 0 Å². The van der Waals surface area contributed by atoms with Crippen LogP contribution in [0.3, 0.4) is 0 Å². The maximum absolute atomic E-state index is 12.9. The van der Waals surface area contributed by atoms with Crippen molar-refractivity contribution in [2.75, 3.05) is 33.2 Å². The van der Waals surface area contributed by atoms with Crippen LogP contribution >= 0.6 is 0 Å². The summed E-state index contributed by atoms with van der Waals surface area (Å²) in [6.07, 6.45) is 0. The van der Waals surface area contributed by atoms with Gasteiger partial charge < -0.3 is 16.0 Å². The summed E-state index contributed by atoms with van der Waals surface area (Å²) < 4.78 is 0. The van der Waals surface area contributed by atoms with Gasteiger partial charge in [0.05, 0.1) is 11.6 Å². The topological polar surface area (TPSA) is 90.3 Å². The van der Waals surface area contributed by atoms with Crippen molar-refractivity contribution in [3.63, 3.8) is 0 Å². The zero-order chi connectivity index (χ0) is 20.2. The van der Waals surface area contributed by atoms with Gasteiger partial charge in [-0.1, -0.05) is 42.5 Å². The molecule has 1 fully saturated rings. The third-order valence-electron chi connectivity index (χ3n) is 5.56. The van der Waals surface area contributed by atoms with E-state index in [1.807, 2.05) is 30.3 Å². The highest BCUT2D eigenvalue weighted by atomic mass is 16.2. The average molecular weight is 393 g/mol. The van der Waals surface area contributed by atoms with E-state index in [0.717, 1.165) is 43.6 Å². The number of H-pyrrole nitrogens is 1. The van der Waals surface area contributed by atoms with E-state index in [1.54, 1.807) is 0 Å². The third-order valence-corrected chi connectivity index (χ3v) is 5.56. The molecule has 1 aromatic heterocycles. The zero-order valence-corrected chi connectivity index (χ0v) is 16.8. The molecule has 0 radical (unpaired) electrons. The molecule has 3 aromatic rings. The van der Waals surface area contributed by atoms with Crippen molar-refractivity contribution in [2.45, 2.75) is 19.1 Å². The van der Waals surface area contributed by atoms with Gasteiger partial charge in [-0.2, -0.15) is 5.10 Å². The summed E-state index contributed by atoms with van der Waals surface area (Å²) in [4.78, 5) is 17.6. The highest BCUT2D eigenvalue weighted by molar-refractivity contribution is 6.04. The van der Waals surface area contributed by atoms with Crippen LogP contribution in [0.15, 0.2) is 48.5 Å². The van der Waals surface area contributed by atoms with Gasteiger partial charge in [0, 0.05) is 44.7 Å². The van der Waals surface area contributed by atoms with Gasteiger partial charge in [-0.25, -0.2) is 0 Å². The van der Waals surface area contributed by atoms with Crippen molar-refractivity contribution in [3.8, 4) is 0 Å². The highest BCUT2D eigenvalue weighted by Gasteiger charge is 2.24. The number of carbonyl (C=O) groups excluding carboxylic acids is 1. The van der Waals surface area contributed by atoms with Crippen LogP contribution in [0.1, 0.15) is 21.6 Å². The molecule has 2 heterocycles. The quantitative estimate of drug-likeness (QED) is 0.613. The van der Waals surface area contributed by atoms with E-state index in [0.29, 0.717) is 12.2 Å². The number of likely N-dealkylation sites (N-methyl/N-ethyl adjacent to an activating group) is 1. The standard InChI is InChI=1S/C22H28N6O/c1-27-10-11-28(13-17-7-3-2-6-16(17)12-23)15-18(14-27)24-22(29)21-19-8-4-5-9-20(19)25-26-21/h2-9,18H,10-15,23H2,1H3,(H,24,29)(H,25,26). The lowest BCUT2D eigenvalue weighted by atomic mass is 10.1. The molecule has 1 atom stereocenters. The summed E-state index contributed by atoms with van der Waals surface area (Å²) in [5, 5.41) is 11.2. The summed E-state index contributed by atoms with van der Waals surface area (Å²) in [6.45, 7) is 4.88. The second-order valence-corrected chi connectivity index (χ2v) is 7.76. The number of nitrogens with one attached hydrogen (secondary N) is 2. The number of nitrogens with zero attached hydrogens (tertiary/aromatic N) is 3. The molecule has 1 unspecified atom stereocenters. The summed E-state index contributed by atoms with van der Waals surface area (Å²) in [5.74, 6) is -0.134. The molecule has 0 saturated carbocycles. The Morgan fingerprint density at radius 1 is 1.14 bits per heavy atom. The predicted molar refractivity (Wildman–Crippen MR) is 114 cm³/mol. The molecule has 4 N–H and O–H groups in total. The van der Waals surface area contributed by atoms with Gasteiger partial charge in [0.25, 0.3) is 5.91 Å². The molecule has 29 heavy (non-hydrogen) atoms. The lowest BCUT2D eigenvalue weighted by molar-refractivity contribution is 0.0920. The maximum Gasteiger partial charge on any atom is 0.272 e. The van der Waals surface area contributed by atoms with Gasteiger partial charge in [-0.05, 0) is 24.2 Å². The first-order valence-electron chi connectivity index (χ1n) is 10.1. The van der Waals surface area contributed by atoms with E-state index in [9.17, 15) is 4.79 Å². The number of carbonyl (C=O) groups is 1. The van der Waals surface area contributed by atoms with Crippen LogP contribution in [0.25, 0.3) is 10.9 Å². The smallest absolute Gasteiger partial charge is 0.272 e. The lowest BCUT2D eigenvalue weighted by Crippen LogP contribution is -2.46. The molecule has 7 nitrogen and oxygen atoms in total. The van der Waals surface area contributed by atoms with Crippen LogP contribution < -0.4 is 11.1 Å². The molecule has 0 bridgehead atoms. The molecule has 4 rings (SSSR count). The number of aromatic amines is 1. The number of hydrogen-bond donors (Lipinski definition) is 3. The molecule has 1 aliphatic rings. The minimum absolute atomic E-state index is 0.0236. The number of nitrogens with two attached hydrogens (primary N) is 1. The molecule has 0 aliphatic carbocycles. The first-order valence-corrected chi connectivity index (χ1v) is 10.1. The molecular formula is C22H28N6O. The lowest BCUT2D eigenvalue weighted by Gasteiger charge is -2.25. The number of hydrogen-bond acceptors (Lipinski definition) is 5. The number of fused-ring (bicyclic) bond motifs is 1. The van der Waals surface area contributed by atoms with Gasteiger partial charge in [0.2, 0.25) is 0 Å². The molecule has 2 aromatic carbocycles. The second-order valence-electron chi connectivity index (χ2n) is 7.76. The monoisotopic (exact) mass is 392 g/mol. The molecule has 0 spiro atoms. The molecule has 1 amide bonds. The fourth-order valence-corrected chi connectivity index (χ4v) is 4.02. The van der Waals surface area contributed by atoms with Crippen molar-refractivity contribution in [2.24, 2.45) is 5.73 Å². The zero-order valence-electron chi connectivity index (χ0n) is 16.8. The Labute approximate surface area is 170 Å². The summed E-state index contributed by atoms with van der Waals surface area (Å²) >= 11 is 0. The van der Waals surface area contributed by atoms with Crippen molar-refractivity contribution in [1.29, 1.82) is 0 Å². The van der Waals surface area contributed by atoms with Crippen molar-refractivity contribution in [3.05, 3.63) is 65.4 Å². The van der Waals surface area contributed by atoms with Crippen LogP contribution in [-0.2, 0) is 13.1 Å². The maximum atomic E-state index is 12.9. The Bertz CT molecular complexity index is 984. The predicted octanol–water partition coefficient (Wildman–Crippen LogP) is 1.57. The first-order chi connectivity index (χ1) is 14.1. The van der Waals surface area contributed by atoms with E-state index in [1.165, 1.54) is 11.1 Å². The third kappa shape index (κ3) is 4.48. The summed E-state index contributed by atoms with van der Waals surface area (Å²) in [5.41, 5.74) is 9.66. The Balaban J connectivity index is 1.48. The van der Waals surface area contributed by atoms with Crippen LogP contribution in [0.4, 0.5) is 0 Å². The first kappa shape index (κ1) is 19.6. The molecule has 7 heteroatoms. The fourth-order valence-electron chi connectivity index (χ4n) is 4.02. The van der Waals surface area contributed by atoms with E-state index in [-0.39, 0.29) is 11.9 Å². The van der Waals surface area contributed by atoms with Crippen LogP contribution in [-0.4, -0.2) is 65.2 Å². The fraction of sp³-hybridized carbons (Fsp3) is 0.364. The Kier molecular flexibility index (Phi) is 5.89. The molecule has 152 valence electrons. The van der Waals surface area contributed by atoms with Gasteiger partial charge in [0.15, 0.2) is 5.69 Å². The van der Waals surface area contributed by atoms with Crippen molar-refractivity contribution in [1.82, 2.24) is 25.3 Å². The minimum Gasteiger partial charge on any atom is -0.345 e. The van der Waals surface area contributed by atoms with Crippen LogP contribution in [0, 0.1) is 0 Å². The highest BCUT2D eigenvalue weighted by Crippen LogP contribution is 2.16. The summed E-state index contributed by atoms with van der Waals surface area (Å²) in [6, 6.07) is 16.0. The van der Waals surface area contributed by atoms with Crippen LogP contribution in [0.2, 0.25) is 0 Å². The normalized spacial score (nSPS) is 18.6. The van der Waals surface area contributed by atoms with Gasteiger partial charge in [-0.3, -0.25) is 14.8 Å². The number of para-hydroxylation sites is 1. The SMILES string of the molecule is CN1CCN(Cc2ccccc2CN)CC(NC(=O)c2n[nH]c3ccccc23)C1. The minimum atomic E-state index is -0.134. The second kappa shape index (κ2) is 8.73. The van der Waals surface area contributed by atoms with Crippen molar-refractivity contribution < 1.29 is 4.79 Å². The largest absolute Gasteiger partial charge is 0.345 e. The average Bonchev–Trinajstić information content (AvgIpc) is 3.08. The Hall–Kier alpha value is -2.74. The van der Waals surface area contributed by atoms with Gasteiger partial charge >= 0.3 is 0 Å². The Morgan fingerprint density at radius 3 is 2.72 bits per heavy atom. The number of benzene rings is 2. The van der Waals surface area contributed by atoms with E-state index in [4.69, 9.17) is 5.73 Å². The number of rotatable bonds is 5. The summed E-state index contributed by atoms with van der Waals surface area (Å²) in [7, 11) is 2.10. The van der Waals surface area contributed by atoms with Gasteiger partial charge in [-0.15, -0.1) is 0 Å². The van der Waals surface area contributed by atoms with Crippen molar-refractivity contribution >= 4 is 16.8 Å². The van der Waals surface area contributed by atoms with Crippen LogP contribution in [0.5, 0.6) is 0 Å². The van der Waals surface area contributed by atoms with Gasteiger partial charge in [0.1, 0.15) is 0 Å². The number of amides is 1. The molecular weight excluding hydrogens is 364 g/mol.